The van der Waals surface area contributed by atoms with Crippen molar-refractivity contribution in [2.75, 3.05) is 33.4 Å². The third-order valence-corrected chi connectivity index (χ3v) is 6.33. The normalized spacial score (nSPS) is 16.6. The number of hydrogen-bond donors (Lipinski definition) is 1. The fourth-order valence-electron chi connectivity index (χ4n) is 4.30. The molecule has 0 spiro atoms. The quantitative estimate of drug-likeness (QED) is 0.318. The monoisotopic (exact) mass is 533 g/mol. The highest BCUT2D eigenvalue weighted by Gasteiger charge is 2.27. The van der Waals surface area contributed by atoms with E-state index in [2.05, 4.69) is 46.7 Å². The van der Waals surface area contributed by atoms with E-state index in [-0.39, 0.29) is 24.8 Å². The smallest absolute Gasteiger partial charge is 0.234 e. The van der Waals surface area contributed by atoms with Crippen molar-refractivity contribution in [2.24, 2.45) is 11.8 Å². The van der Waals surface area contributed by atoms with Gasteiger partial charge in [0.1, 0.15) is 12.4 Å². The highest BCUT2D eigenvalue weighted by Crippen LogP contribution is 2.29. The fourth-order valence-corrected chi connectivity index (χ4v) is 4.30. The zero-order valence-corrected chi connectivity index (χ0v) is 22.7. The van der Waals surface area contributed by atoms with Crippen molar-refractivity contribution in [3.63, 3.8) is 0 Å². The lowest BCUT2D eigenvalue weighted by Gasteiger charge is -2.18. The van der Waals surface area contributed by atoms with E-state index in [1.165, 1.54) is 0 Å². The number of aryl methyl sites for hydroxylation is 1. The standard InChI is InChI=1S/C28H35N3O3.2ClH/c1-3-4-10-27-26(15-28(31-30-27)34-20-24-17-29-16-23(24)19-32-2)22-11-13-25(14-12-22)33-18-21-8-6-5-7-9-21;;/h5-9,11-15,23-24,29H,3-4,10,16-20H2,1-2H3;2*1H/t23-,24-;;/m0../s1. The molecule has 0 saturated carbocycles. The Morgan fingerprint density at radius 3 is 2.31 bits per heavy atom. The summed E-state index contributed by atoms with van der Waals surface area (Å²) in [6, 6.07) is 20.4. The maximum Gasteiger partial charge on any atom is 0.234 e. The molecule has 196 valence electrons. The van der Waals surface area contributed by atoms with Gasteiger partial charge in [0, 0.05) is 43.7 Å². The maximum atomic E-state index is 6.11. The van der Waals surface area contributed by atoms with Crippen LogP contribution < -0.4 is 14.8 Å². The van der Waals surface area contributed by atoms with E-state index >= 15 is 0 Å². The van der Waals surface area contributed by atoms with Crippen molar-refractivity contribution in [2.45, 2.75) is 32.8 Å². The number of aromatic nitrogens is 2. The van der Waals surface area contributed by atoms with E-state index in [0.717, 1.165) is 67.1 Å². The van der Waals surface area contributed by atoms with Crippen LogP contribution in [-0.2, 0) is 17.8 Å². The molecule has 2 atom stereocenters. The van der Waals surface area contributed by atoms with E-state index in [0.29, 0.717) is 30.9 Å². The Balaban J connectivity index is 0.00000228. The van der Waals surface area contributed by atoms with Crippen LogP contribution in [-0.4, -0.2) is 43.6 Å². The van der Waals surface area contributed by atoms with Gasteiger partial charge in [0.05, 0.1) is 18.9 Å². The van der Waals surface area contributed by atoms with Crippen LogP contribution in [0, 0.1) is 11.8 Å². The Hall–Kier alpha value is -2.38. The van der Waals surface area contributed by atoms with Crippen LogP contribution in [0.1, 0.15) is 31.0 Å². The lowest BCUT2D eigenvalue weighted by atomic mass is 9.98. The number of methoxy groups -OCH3 is 1. The van der Waals surface area contributed by atoms with Gasteiger partial charge >= 0.3 is 0 Å². The van der Waals surface area contributed by atoms with Crippen molar-refractivity contribution >= 4 is 24.8 Å². The van der Waals surface area contributed by atoms with Gasteiger partial charge in [-0.15, -0.1) is 29.9 Å². The van der Waals surface area contributed by atoms with E-state index < -0.39 is 0 Å². The first kappa shape index (κ1) is 29.8. The molecule has 1 aliphatic heterocycles. The van der Waals surface area contributed by atoms with Gasteiger partial charge in [-0.3, -0.25) is 0 Å². The topological polar surface area (TPSA) is 65.5 Å². The maximum absolute atomic E-state index is 6.11. The molecule has 0 amide bonds. The SMILES string of the molecule is CCCCc1nnc(OC[C@@H]2CNC[C@H]2COC)cc1-c1ccc(OCc2ccccc2)cc1.Cl.Cl. The largest absolute Gasteiger partial charge is 0.489 e. The fraction of sp³-hybridized carbons (Fsp3) is 0.429. The first-order valence-electron chi connectivity index (χ1n) is 12.2. The van der Waals surface area contributed by atoms with Crippen LogP contribution in [0.2, 0.25) is 0 Å². The molecule has 1 aliphatic rings. The van der Waals surface area contributed by atoms with Gasteiger partial charge in [-0.1, -0.05) is 55.8 Å². The lowest BCUT2D eigenvalue weighted by molar-refractivity contribution is 0.119. The number of nitrogens with one attached hydrogen (secondary N) is 1. The minimum Gasteiger partial charge on any atom is -0.489 e. The predicted molar refractivity (Wildman–Crippen MR) is 149 cm³/mol. The van der Waals surface area contributed by atoms with Crippen molar-refractivity contribution in [3.05, 3.63) is 71.9 Å². The molecule has 1 saturated heterocycles. The molecule has 0 bridgehead atoms. The molecule has 4 rings (SSSR count). The summed E-state index contributed by atoms with van der Waals surface area (Å²) in [4.78, 5) is 0. The average molecular weight is 535 g/mol. The summed E-state index contributed by atoms with van der Waals surface area (Å²) in [6.07, 6.45) is 3.08. The Morgan fingerprint density at radius 1 is 0.889 bits per heavy atom. The van der Waals surface area contributed by atoms with Crippen LogP contribution in [0.25, 0.3) is 11.1 Å². The lowest BCUT2D eigenvalue weighted by Crippen LogP contribution is -2.24. The van der Waals surface area contributed by atoms with Crippen molar-refractivity contribution in [3.8, 4) is 22.8 Å². The van der Waals surface area contributed by atoms with Gasteiger partial charge in [0.25, 0.3) is 0 Å². The number of benzene rings is 2. The van der Waals surface area contributed by atoms with Gasteiger partial charge < -0.3 is 19.5 Å². The molecular weight excluding hydrogens is 497 g/mol. The molecule has 6 nitrogen and oxygen atoms in total. The second kappa shape index (κ2) is 15.7. The van der Waals surface area contributed by atoms with E-state index in [1.807, 2.05) is 36.4 Å². The molecule has 8 heteroatoms. The molecule has 0 aliphatic carbocycles. The van der Waals surface area contributed by atoms with Crippen LogP contribution in [0.4, 0.5) is 0 Å². The molecular formula is C28H37Cl2N3O3. The summed E-state index contributed by atoms with van der Waals surface area (Å²) in [5.74, 6) is 2.29. The second-order valence-corrected chi connectivity index (χ2v) is 8.89. The summed E-state index contributed by atoms with van der Waals surface area (Å²) >= 11 is 0. The highest BCUT2D eigenvalue weighted by atomic mass is 35.5. The van der Waals surface area contributed by atoms with Gasteiger partial charge in [0.2, 0.25) is 5.88 Å². The number of hydrogen-bond acceptors (Lipinski definition) is 6. The first-order chi connectivity index (χ1) is 16.8. The van der Waals surface area contributed by atoms with Gasteiger partial charge in [-0.25, -0.2) is 0 Å². The minimum atomic E-state index is 0. The Labute approximate surface area is 227 Å². The number of halogens is 2. The van der Waals surface area contributed by atoms with Gasteiger partial charge in [-0.2, -0.15) is 5.10 Å². The molecule has 0 unspecified atom stereocenters. The molecule has 1 aromatic heterocycles. The zero-order chi connectivity index (χ0) is 23.6. The Bertz CT molecular complexity index is 1020. The number of rotatable bonds is 12. The number of nitrogens with zero attached hydrogens (tertiary/aromatic N) is 2. The molecule has 1 N–H and O–H groups in total. The number of unbranched alkanes of at least 4 members (excludes halogenated alkanes) is 1. The summed E-state index contributed by atoms with van der Waals surface area (Å²) in [6.45, 7) is 6.00. The summed E-state index contributed by atoms with van der Waals surface area (Å²) < 4.78 is 17.4. The summed E-state index contributed by atoms with van der Waals surface area (Å²) in [7, 11) is 1.75. The highest BCUT2D eigenvalue weighted by molar-refractivity contribution is 5.85. The van der Waals surface area contributed by atoms with E-state index in [1.54, 1.807) is 7.11 Å². The number of ether oxygens (including phenoxy) is 3. The summed E-state index contributed by atoms with van der Waals surface area (Å²) in [5.41, 5.74) is 4.33. The van der Waals surface area contributed by atoms with Crippen LogP contribution in [0.3, 0.4) is 0 Å². The zero-order valence-electron chi connectivity index (χ0n) is 21.0. The predicted octanol–water partition coefficient (Wildman–Crippen LogP) is 5.77. The van der Waals surface area contributed by atoms with Gasteiger partial charge in [-0.05, 0) is 36.1 Å². The molecule has 0 radical (unpaired) electrons. The summed E-state index contributed by atoms with van der Waals surface area (Å²) in [5, 5.41) is 12.4. The molecule has 36 heavy (non-hydrogen) atoms. The van der Waals surface area contributed by atoms with Crippen LogP contribution in [0.5, 0.6) is 11.6 Å². The van der Waals surface area contributed by atoms with Crippen molar-refractivity contribution in [1.82, 2.24) is 15.5 Å². The second-order valence-electron chi connectivity index (χ2n) is 8.89. The van der Waals surface area contributed by atoms with E-state index in [9.17, 15) is 0 Å². The third kappa shape index (κ3) is 8.34. The average Bonchev–Trinajstić information content (AvgIpc) is 3.33. The van der Waals surface area contributed by atoms with Crippen molar-refractivity contribution < 1.29 is 14.2 Å². The third-order valence-electron chi connectivity index (χ3n) is 6.33. The molecule has 2 aromatic carbocycles. The molecule has 1 fully saturated rings. The van der Waals surface area contributed by atoms with Gasteiger partial charge in [0.15, 0.2) is 0 Å². The van der Waals surface area contributed by atoms with Crippen molar-refractivity contribution in [1.29, 1.82) is 0 Å². The first-order valence-corrected chi connectivity index (χ1v) is 12.2. The molecule has 2 heterocycles. The van der Waals surface area contributed by atoms with Crippen LogP contribution in [0.15, 0.2) is 60.7 Å². The molecule has 3 aromatic rings. The Kier molecular flexibility index (Phi) is 13.0. The van der Waals surface area contributed by atoms with Crippen LogP contribution >= 0.6 is 24.8 Å². The van der Waals surface area contributed by atoms with E-state index in [4.69, 9.17) is 14.2 Å². The minimum absolute atomic E-state index is 0. The Morgan fingerprint density at radius 2 is 1.61 bits per heavy atom.